The van der Waals surface area contributed by atoms with Gasteiger partial charge in [0.2, 0.25) is 11.8 Å². The summed E-state index contributed by atoms with van der Waals surface area (Å²) in [5.74, 6) is -4.30. The molecule has 2 aliphatic rings. The van der Waals surface area contributed by atoms with Gasteiger partial charge in [0.05, 0.1) is 24.2 Å². The first-order valence-electron chi connectivity index (χ1n) is 20.1. The van der Waals surface area contributed by atoms with E-state index in [-0.39, 0.29) is 41.1 Å². The molecule has 6 aromatic rings. The number of anilines is 1. The smallest absolute Gasteiger partial charge is 0.315 e. The number of piperazine rings is 1. The summed E-state index contributed by atoms with van der Waals surface area (Å²) in [6.45, 7) is 11.6. The van der Waals surface area contributed by atoms with Crippen molar-refractivity contribution in [3.8, 4) is 22.4 Å². The Balaban J connectivity index is 0.883. The average Bonchev–Trinajstić information content (AvgIpc) is 3.90. The largest absolute Gasteiger partial charge is 0.369 e. The number of aromatic nitrogens is 5. The third-order valence-electron chi connectivity index (χ3n) is 11.4. The van der Waals surface area contributed by atoms with Gasteiger partial charge in [-0.25, -0.2) is 4.98 Å². The summed E-state index contributed by atoms with van der Waals surface area (Å²) in [6.07, 6.45) is 2.41. The lowest BCUT2D eigenvalue weighted by molar-refractivity contribution is -0.134. The molecule has 2 atom stereocenters. The van der Waals surface area contributed by atoms with Crippen LogP contribution in [0.4, 0.5) is 14.5 Å². The molecule has 2 aliphatic heterocycles. The van der Waals surface area contributed by atoms with Crippen molar-refractivity contribution in [3.05, 3.63) is 113 Å². The number of aromatic amines is 1. The number of rotatable bonds is 10. The molecule has 0 spiro atoms. The molecular weight excluding hydrogens is 769 g/mol. The monoisotopic (exact) mass is 815 g/mol. The number of piperidine rings is 1. The molecular formula is C45H47F2N9O4. The number of hydrogen-bond donors (Lipinski definition) is 3. The topological polar surface area (TPSA) is 162 Å². The fourth-order valence-electron chi connectivity index (χ4n) is 7.92. The number of nitrogens with zero attached hydrogens (tertiary/aromatic N) is 6. The Morgan fingerprint density at radius 1 is 0.950 bits per heavy atom. The molecule has 0 radical (unpaired) electrons. The molecule has 15 heteroatoms. The number of imide groups is 1. The molecule has 3 N–H and O–H groups in total. The lowest BCUT2D eigenvalue weighted by Crippen LogP contribution is -2.49. The van der Waals surface area contributed by atoms with Crippen LogP contribution in [0.1, 0.15) is 91.3 Å². The van der Waals surface area contributed by atoms with E-state index >= 15 is 8.78 Å². The third-order valence-corrected chi connectivity index (χ3v) is 11.4. The highest BCUT2D eigenvalue weighted by atomic mass is 19.3. The van der Waals surface area contributed by atoms with Crippen molar-refractivity contribution in [2.45, 2.75) is 70.8 Å². The van der Waals surface area contributed by atoms with E-state index in [4.69, 9.17) is 4.52 Å². The molecule has 3 aromatic heterocycles. The van der Waals surface area contributed by atoms with Crippen molar-refractivity contribution in [2.24, 2.45) is 0 Å². The second-order valence-electron chi connectivity index (χ2n) is 16.8. The minimum absolute atomic E-state index is 0.0711. The van der Waals surface area contributed by atoms with Gasteiger partial charge >= 0.3 is 11.8 Å². The maximum atomic E-state index is 15.4. The van der Waals surface area contributed by atoms with E-state index in [0.29, 0.717) is 49.6 Å². The molecule has 2 unspecified atom stereocenters. The first kappa shape index (κ1) is 40.4. The Morgan fingerprint density at radius 2 is 1.67 bits per heavy atom. The number of H-pyrrole nitrogens is 1. The summed E-state index contributed by atoms with van der Waals surface area (Å²) in [6, 6.07) is 21.9. The van der Waals surface area contributed by atoms with Crippen LogP contribution in [0.5, 0.6) is 0 Å². The van der Waals surface area contributed by atoms with E-state index in [1.54, 1.807) is 23.2 Å². The van der Waals surface area contributed by atoms with Gasteiger partial charge in [-0.3, -0.25) is 29.7 Å². The van der Waals surface area contributed by atoms with Gasteiger partial charge in [0.1, 0.15) is 0 Å². The molecule has 8 rings (SSSR count). The Kier molecular flexibility index (Phi) is 10.8. The molecule has 13 nitrogen and oxygen atoms in total. The van der Waals surface area contributed by atoms with Gasteiger partial charge in [0.15, 0.2) is 11.5 Å². The summed E-state index contributed by atoms with van der Waals surface area (Å²) in [7, 11) is 0. The number of benzene rings is 3. The van der Waals surface area contributed by atoms with Crippen LogP contribution < -0.4 is 15.5 Å². The molecule has 3 aromatic carbocycles. The van der Waals surface area contributed by atoms with Crippen molar-refractivity contribution in [3.63, 3.8) is 0 Å². The zero-order valence-corrected chi connectivity index (χ0v) is 34.2. The summed E-state index contributed by atoms with van der Waals surface area (Å²) in [5.41, 5.74) is 7.40. The van der Waals surface area contributed by atoms with E-state index in [9.17, 15) is 14.4 Å². The maximum absolute atomic E-state index is 15.4. The van der Waals surface area contributed by atoms with Crippen LogP contribution in [0, 0.1) is 6.92 Å². The predicted octanol–water partition coefficient (Wildman–Crippen LogP) is 7.21. The number of carbonyl (C=O) groups excluding carboxylic acids is 3. The van der Waals surface area contributed by atoms with E-state index in [2.05, 4.69) is 53.0 Å². The first-order chi connectivity index (χ1) is 28.6. The number of alkyl halides is 2. The molecule has 2 fully saturated rings. The normalized spacial score (nSPS) is 17.2. The third kappa shape index (κ3) is 8.39. The fraction of sp³-hybridized carbons (Fsp3) is 0.356. The van der Waals surface area contributed by atoms with Crippen molar-refractivity contribution in [1.82, 2.24) is 40.9 Å². The van der Waals surface area contributed by atoms with Crippen LogP contribution in [0.25, 0.3) is 33.4 Å². The van der Waals surface area contributed by atoms with Crippen LogP contribution in [0.15, 0.2) is 83.5 Å². The van der Waals surface area contributed by atoms with Crippen molar-refractivity contribution in [2.75, 3.05) is 37.6 Å². The quantitative estimate of drug-likeness (QED) is 0.121. The zero-order chi connectivity index (χ0) is 42.3. The minimum atomic E-state index is -3.06. The van der Waals surface area contributed by atoms with E-state index in [1.807, 2.05) is 71.0 Å². The molecule has 0 bridgehead atoms. The van der Waals surface area contributed by atoms with Crippen LogP contribution in [-0.2, 0) is 20.9 Å². The lowest BCUT2D eigenvalue weighted by atomic mass is 9.89. The summed E-state index contributed by atoms with van der Waals surface area (Å²) < 4.78 is 36.1. The highest BCUT2D eigenvalue weighted by Crippen LogP contribution is 2.34. The number of carbonyl (C=O) groups is 3. The average molecular weight is 816 g/mol. The number of fused-ring (bicyclic) bond motifs is 1. The standard InChI is InChI=1S/C45H47F2N9O4/c1-26-22-30(10-15-34(26)27(2)49-41(59)42-51-43(54-60-42)44(3,4)5)38-36-23-31(24-48-39(36)53-52-38)28-8-13-33(14-9-28)56-20-18-55(19-21-56)25-45(46,47)32-11-6-29(7-12-32)35-16-17-37(57)50-40(35)58/h6-15,22-24,27,35H,16-21,25H2,1-5H3,(H,49,59)(H,48,52,53)(H,50,57,58). The van der Waals surface area contributed by atoms with E-state index in [1.165, 1.54) is 12.1 Å². The Bertz CT molecular complexity index is 2550. The van der Waals surface area contributed by atoms with Gasteiger partial charge in [-0.1, -0.05) is 74.5 Å². The van der Waals surface area contributed by atoms with Gasteiger partial charge in [-0.15, -0.1) is 0 Å². The summed E-state index contributed by atoms with van der Waals surface area (Å²) in [4.78, 5) is 49.5. The second-order valence-corrected chi connectivity index (χ2v) is 16.8. The Labute approximate surface area is 346 Å². The fourth-order valence-corrected chi connectivity index (χ4v) is 7.92. The van der Waals surface area contributed by atoms with Gasteiger partial charge in [-0.2, -0.15) is 18.9 Å². The molecule has 2 saturated heterocycles. The summed E-state index contributed by atoms with van der Waals surface area (Å²) >= 11 is 0. The van der Waals surface area contributed by atoms with Crippen LogP contribution in [0.2, 0.25) is 0 Å². The van der Waals surface area contributed by atoms with E-state index < -0.39 is 24.3 Å². The highest BCUT2D eigenvalue weighted by molar-refractivity contribution is 6.01. The van der Waals surface area contributed by atoms with Crippen LogP contribution in [0.3, 0.4) is 0 Å². The predicted molar refractivity (Wildman–Crippen MR) is 222 cm³/mol. The zero-order valence-electron chi connectivity index (χ0n) is 34.2. The molecule has 0 saturated carbocycles. The number of amides is 3. The first-order valence-corrected chi connectivity index (χ1v) is 20.1. The Morgan fingerprint density at radius 3 is 2.33 bits per heavy atom. The highest BCUT2D eigenvalue weighted by Gasteiger charge is 2.36. The molecule has 60 heavy (non-hydrogen) atoms. The van der Waals surface area contributed by atoms with Gasteiger partial charge < -0.3 is 14.7 Å². The van der Waals surface area contributed by atoms with Crippen molar-refractivity contribution < 1.29 is 27.7 Å². The van der Waals surface area contributed by atoms with Crippen LogP contribution >= 0.6 is 0 Å². The van der Waals surface area contributed by atoms with Crippen molar-refractivity contribution >= 4 is 34.4 Å². The molecule has 0 aliphatic carbocycles. The van der Waals surface area contributed by atoms with Crippen molar-refractivity contribution in [1.29, 1.82) is 0 Å². The summed E-state index contributed by atoms with van der Waals surface area (Å²) in [5, 5.41) is 17.7. The minimum Gasteiger partial charge on any atom is -0.369 e. The molecule has 5 heterocycles. The second kappa shape index (κ2) is 16.0. The Hall–Kier alpha value is -6.35. The van der Waals surface area contributed by atoms with Gasteiger partial charge in [0, 0.05) is 72.0 Å². The maximum Gasteiger partial charge on any atom is 0.315 e. The van der Waals surface area contributed by atoms with E-state index in [0.717, 1.165) is 44.6 Å². The van der Waals surface area contributed by atoms with Gasteiger partial charge in [0.25, 0.3) is 5.92 Å². The number of halogens is 2. The number of aryl methyl sites for hydroxylation is 1. The number of nitrogens with one attached hydrogen (secondary N) is 3. The SMILES string of the molecule is Cc1cc(-c2[nH]nc3ncc(-c4ccc(N5CCN(CC(F)(F)c6ccc(C7CCC(=O)NC7=O)cc6)CC5)cc4)cc23)ccc1C(C)NC(=O)c1nc(C(C)(C)C)no1. The molecule has 3 amide bonds. The van der Waals surface area contributed by atoms with Gasteiger partial charge in [-0.05, 0) is 66.8 Å². The number of hydrogen-bond acceptors (Lipinski definition) is 10. The lowest BCUT2D eigenvalue weighted by Gasteiger charge is -2.37. The molecule has 310 valence electrons. The number of pyridine rings is 1. The van der Waals surface area contributed by atoms with Crippen LogP contribution in [-0.4, -0.2) is 80.7 Å².